The van der Waals surface area contributed by atoms with Crippen molar-refractivity contribution in [1.82, 2.24) is 15.6 Å². The predicted octanol–water partition coefficient (Wildman–Crippen LogP) is 7.25. The highest BCUT2D eigenvalue weighted by molar-refractivity contribution is 5.84. The lowest BCUT2D eigenvalue weighted by molar-refractivity contribution is 0.397. The number of aromatic nitrogens is 1. The van der Waals surface area contributed by atoms with Crippen LogP contribution in [-0.2, 0) is 0 Å². The summed E-state index contributed by atoms with van der Waals surface area (Å²) in [5.41, 5.74) is 15.0. The van der Waals surface area contributed by atoms with Gasteiger partial charge in [0.15, 0.2) is 0 Å². The Morgan fingerprint density at radius 2 is 1.88 bits per heavy atom. The van der Waals surface area contributed by atoms with Gasteiger partial charge in [0.25, 0.3) is 0 Å². The van der Waals surface area contributed by atoms with Crippen molar-refractivity contribution < 1.29 is 0 Å². The number of nitrogens with zero attached hydrogens (tertiary/aromatic N) is 2. The van der Waals surface area contributed by atoms with E-state index in [0.29, 0.717) is 23.1 Å². The molecule has 214 valence electrons. The Bertz CT molecular complexity index is 1580. The number of nitrogens with two attached hydrogens (primary N) is 1. The van der Waals surface area contributed by atoms with Crippen LogP contribution < -0.4 is 21.7 Å². The van der Waals surface area contributed by atoms with Gasteiger partial charge in [-0.3, -0.25) is 0 Å². The summed E-state index contributed by atoms with van der Waals surface area (Å²) in [5, 5.41) is 20.0. The first kappa shape index (κ1) is 30.1. The highest BCUT2D eigenvalue weighted by atomic mass is 15.0. The van der Waals surface area contributed by atoms with Crippen LogP contribution in [0, 0.1) is 18.3 Å². The molecule has 0 radical (unpaired) electrons. The van der Waals surface area contributed by atoms with Gasteiger partial charge < -0.3 is 21.7 Å². The molecule has 6 heteroatoms. The fourth-order valence-electron chi connectivity index (χ4n) is 5.05. The molecule has 1 aromatic heterocycles. The van der Waals surface area contributed by atoms with Crippen LogP contribution in [0.25, 0.3) is 34.2 Å². The molecule has 1 unspecified atom stereocenters. The minimum Gasteiger partial charge on any atom is -0.398 e. The van der Waals surface area contributed by atoms with Gasteiger partial charge in [-0.05, 0) is 61.2 Å². The van der Waals surface area contributed by atoms with Crippen LogP contribution in [0.15, 0.2) is 92.0 Å². The Morgan fingerprint density at radius 1 is 1.07 bits per heavy atom. The molecule has 0 aliphatic carbocycles. The second-order valence-electron chi connectivity index (χ2n) is 10.4. The van der Waals surface area contributed by atoms with Crippen molar-refractivity contribution >= 4 is 23.3 Å². The third kappa shape index (κ3) is 7.66. The topological polar surface area (TPSA) is 98.8 Å². The lowest BCUT2D eigenvalue weighted by Gasteiger charge is -2.24. The van der Waals surface area contributed by atoms with Crippen LogP contribution in [0.4, 0.5) is 11.5 Å². The summed E-state index contributed by atoms with van der Waals surface area (Å²) in [5.74, 6) is 0.527. The Hall–Kier alpha value is -4.86. The summed E-state index contributed by atoms with van der Waals surface area (Å²) in [4.78, 5) is 4.67. The van der Waals surface area contributed by atoms with Gasteiger partial charge in [-0.25, -0.2) is 4.98 Å². The zero-order chi connectivity index (χ0) is 29.9. The number of anilines is 2. The summed E-state index contributed by atoms with van der Waals surface area (Å²) < 4.78 is 0. The Kier molecular flexibility index (Phi) is 10.5. The summed E-state index contributed by atoms with van der Waals surface area (Å²) in [6.07, 6.45) is 5.55. The van der Waals surface area contributed by atoms with Gasteiger partial charge in [0.2, 0.25) is 0 Å². The average molecular weight is 557 g/mol. The lowest BCUT2D eigenvalue weighted by atomic mass is 9.96. The van der Waals surface area contributed by atoms with E-state index in [1.54, 1.807) is 7.05 Å². The molecule has 6 nitrogen and oxygen atoms in total. The van der Waals surface area contributed by atoms with E-state index < -0.39 is 0 Å². The molecule has 3 aromatic carbocycles. The Morgan fingerprint density at radius 3 is 2.55 bits per heavy atom. The molecule has 1 atom stereocenters. The number of nitrogen functional groups attached to an aromatic ring is 1. The van der Waals surface area contributed by atoms with Gasteiger partial charge in [-0.1, -0.05) is 91.9 Å². The van der Waals surface area contributed by atoms with E-state index in [4.69, 9.17) is 5.73 Å². The van der Waals surface area contributed by atoms with Crippen molar-refractivity contribution in [3.8, 4) is 28.5 Å². The smallest absolute Gasteiger partial charge is 0.145 e. The summed E-state index contributed by atoms with van der Waals surface area (Å²) in [7, 11) is 1.77. The minimum atomic E-state index is 0.473. The van der Waals surface area contributed by atoms with Crippen molar-refractivity contribution in [3.05, 3.63) is 114 Å². The molecule has 4 aromatic rings. The molecule has 0 amide bonds. The maximum absolute atomic E-state index is 9.92. The number of hydrogen-bond donors (Lipinski definition) is 4. The van der Waals surface area contributed by atoms with Gasteiger partial charge >= 0.3 is 0 Å². The van der Waals surface area contributed by atoms with Crippen molar-refractivity contribution in [2.45, 2.75) is 32.2 Å². The summed E-state index contributed by atoms with van der Waals surface area (Å²) >= 11 is 0. The molecule has 0 bridgehead atoms. The van der Waals surface area contributed by atoms with Gasteiger partial charge in [-0.15, -0.1) is 0 Å². The highest BCUT2D eigenvalue weighted by Gasteiger charge is 2.17. The van der Waals surface area contributed by atoms with E-state index in [1.165, 1.54) is 30.4 Å². The monoisotopic (exact) mass is 556 g/mol. The van der Waals surface area contributed by atoms with Crippen LogP contribution in [0.3, 0.4) is 0 Å². The molecule has 0 spiro atoms. The van der Waals surface area contributed by atoms with Crippen molar-refractivity contribution in [1.29, 1.82) is 5.26 Å². The lowest BCUT2D eigenvalue weighted by Crippen LogP contribution is -2.41. The van der Waals surface area contributed by atoms with E-state index in [9.17, 15) is 5.26 Å². The van der Waals surface area contributed by atoms with E-state index in [-0.39, 0.29) is 0 Å². The number of rotatable bonds is 8. The maximum atomic E-state index is 9.92. The maximum Gasteiger partial charge on any atom is 0.145 e. The van der Waals surface area contributed by atoms with Crippen LogP contribution in [0.5, 0.6) is 0 Å². The molecule has 5 rings (SSSR count). The van der Waals surface area contributed by atoms with Crippen LogP contribution in [0.2, 0.25) is 0 Å². The first-order chi connectivity index (χ1) is 20.4. The van der Waals surface area contributed by atoms with Crippen molar-refractivity contribution in [3.63, 3.8) is 0 Å². The first-order valence-corrected chi connectivity index (χ1v) is 14.4. The van der Waals surface area contributed by atoms with E-state index in [2.05, 4.69) is 65.3 Å². The quantitative estimate of drug-likeness (QED) is 0.171. The molecular formula is C36H40N6. The summed E-state index contributed by atoms with van der Waals surface area (Å²) in [6, 6.07) is 28.7. The zero-order valence-corrected chi connectivity index (χ0v) is 24.6. The van der Waals surface area contributed by atoms with Gasteiger partial charge in [0.05, 0.1) is 5.69 Å². The Labute approximate surface area is 250 Å². The number of nitriles is 1. The molecular weight excluding hydrogens is 516 g/mol. The zero-order valence-electron chi connectivity index (χ0n) is 24.6. The van der Waals surface area contributed by atoms with Gasteiger partial charge in [0.1, 0.15) is 17.5 Å². The fourth-order valence-corrected chi connectivity index (χ4v) is 5.05. The minimum absolute atomic E-state index is 0.473. The molecule has 1 aliphatic heterocycles. The molecule has 1 fully saturated rings. The molecule has 1 aliphatic rings. The number of pyridine rings is 1. The SMILES string of the molecule is C=C(NCC1CCCCN1)c1cccc(-c2cc(-c3ccccc3N)nc(NC)c2C#N)c1.C=Cc1cccc(C)c1. The summed E-state index contributed by atoms with van der Waals surface area (Å²) in [6.45, 7) is 11.9. The van der Waals surface area contributed by atoms with Crippen LogP contribution in [0.1, 0.15) is 41.5 Å². The number of piperidine rings is 1. The average Bonchev–Trinajstić information content (AvgIpc) is 3.04. The first-order valence-electron chi connectivity index (χ1n) is 14.4. The molecule has 42 heavy (non-hydrogen) atoms. The van der Waals surface area contributed by atoms with Crippen LogP contribution in [-0.4, -0.2) is 31.2 Å². The Balaban J connectivity index is 0.000000385. The number of para-hydroxylation sites is 1. The third-order valence-electron chi connectivity index (χ3n) is 7.38. The van der Waals surface area contributed by atoms with Crippen LogP contribution >= 0.6 is 0 Å². The third-order valence-corrected chi connectivity index (χ3v) is 7.38. The normalized spacial score (nSPS) is 14.1. The second kappa shape index (κ2) is 14.7. The van der Waals surface area contributed by atoms with Gasteiger partial charge in [0, 0.05) is 42.1 Å². The standard InChI is InChI=1S/C27H30N6.C9H10/c1-18(32-17-21-10-5-6-13-31-21)19-8-7-9-20(14-19)23-15-26(22-11-3-4-12-25(22)29)33-27(30-2)24(23)16-28;1-3-9-6-4-5-8(2)7-9/h3-4,7-9,11-12,14-15,21,31-32H,1,5-6,10,13,17,29H2,2H3,(H,30,33);3-7H,1H2,2H3. The second-order valence-corrected chi connectivity index (χ2v) is 10.4. The largest absolute Gasteiger partial charge is 0.398 e. The predicted molar refractivity (Wildman–Crippen MR) is 178 cm³/mol. The van der Waals surface area contributed by atoms with Gasteiger partial charge in [-0.2, -0.15) is 5.26 Å². The number of aryl methyl sites for hydroxylation is 1. The molecule has 5 N–H and O–H groups in total. The van der Waals surface area contributed by atoms with Crippen molar-refractivity contribution in [2.24, 2.45) is 0 Å². The molecule has 1 saturated heterocycles. The number of nitrogens with one attached hydrogen (secondary N) is 3. The number of hydrogen-bond acceptors (Lipinski definition) is 6. The molecule has 2 heterocycles. The van der Waals surface area contributed by atoms with E-state index in [1.807, 2.05) is 66.7 Å². The van der Waals surface area contributed by atoms with E-state index >= 15 is 0 Å². The van der Waals surface area contributed by atoms with E-state index in [0.717, 1.165) is 46.7 Å². The molecule has 0 saturated carbocycles. The highest BCUT2D eigenvalue weighted by Crippen LogP contribution is 2.34. The fraction of sp³-hybridized carbons (Fsp3) is 0.222. The van der Waals surface area contributed by atoms with Crippen molar-refractivity contribution in [2.75, 3.05) is 31.2 Å². The number of benzene rings is 3.